The summed E-state index contributed by atoms with van der Waals surface area (Å²) < 4.78 is 0. The molecule has 0 aromatic heterocycles. The van der Waals surface area contributed by atoms with Gasteiger partial charge in [0.2, 0.25) is 0 Å². The Bertz CT molecular complexity index is 8680. The summed E-state index contributed by atoms with van der Waals surface area (Å²) >= 11 is 0. The van der Waals surface area contributed by atoms with Gasteiger partial charge in [-0.15, -0.1) is 0 Å². The lowest BCUT2D eigenvalue weighted by Crippen LogP contribution is -2.07. The van der Waals surface area contributed by atoms with E-state index in [-0.39, 0.29) is 0 Å². The van der Waals surface area contributed by atoms with E-state index < -0.39 is 0 Å². The van der Waals surface area contributed by atoms with E-state index in [4.69, 9.17) is 0 Å². The molecule has 27 aromatic rings. The second-order valence-electron chi connectivity index (χ2n) is 50.3. The van der Waals surface area contributed by atoms with Crippen LogP contribution in [0.15, 0.2) is 121 Å². The van der Waals surface area contributed by atoms with Crippen LogP contribution in [0.5, 0.6) is 0 Å². The lowest BCUT2D eigenvalue weighted by molar-refractivity contribution is 0.556. The lowest BCUT2D eigenvalue weighted by atomic mass is 9.67. The molecule has 0 fully saturated rings. The maximum absolute atomic E-state index is 2.94. The zero-order valence-electron chi connectivity index (χ0n) is 93.2. The maximum Gasteiger partial charge on any atom is -0.000000601 e. The van der Waals surface area contributed by atoms with Gasteiger partial charge in [-0.25, -0.2) is 0 Å². The van der Waals surface area contributed by atoms with Crippen molar-refractivity contribution in [3.05, 3.63) is 155 Å². The molecule has 0 atom stereocenters. The van der Waals surface area contributed by atoms with Gasteiger partial charge in [0.15, 0.2) is 0 Å². The third kappa shape index (κ3) is 15.8. The number of rotatable bonds is 66. The summed E-state index contributed by atoms with van der Waals surface area (Å²) in [6.07, 6.45) is 87.7. The molecule has 0 heteroatoms. The monoisotopic (exact) mass is 1970 g/mol. The molecule has 0 aliphatic heterocycles. The molecule has 0 aliphatic carbocycles. The molecule has 0 radical (unpaired) electrons. The van der Waals surface area contributed by atoms with Crippen LogP contribution in [-0.2, 0) is 38.5 Å². The third-order valence-corrected chi connectivity index (χ3v) is 40.4. The Morgan fingerprint density at radius 3 is 0.440 bits per heavy atom. The topological polar surface area (TPSA) is 0 Å². The summed E-state index contributed by atoms with van der Waals surface area (Å²) in [7, 11) is 0. The molecular formula is C150H170. The van der Waals surface area contributed by atoms with E-state index in [2.05, 4.69) is 163 Å². The van der Waals surface area contributed by atoms with Crippen LogP contribution in [0.3, 0.4) is 0 Å². The minimum Gasteiger partial charge on any atom is -0.0654 e. The second-order valence-corrected chi connectivity index (χ2v) is 50.3. The summed E-state index contributed by atoms with van der Waals surface area (Å²) in [5, 5.41) is 80.9. The number of unbranched alkanes of at least 4 members (excludes halogenated alkanes) is 54. The van der Waals surface area contributed by atoms with E-state index in [0.717, 1.165) is 38.5 Å². The van der Waals surface area contributed by atoms with Crippen LogP contribution in [0.25, 0.3) is 280 Å². The Morgan fingerprint density at radius 1 is 0.100 bits per heavy atom. The molecule has 0 bridgehead atoms. The molecule has 0 nitrogen and oxygen atoms in total. The predicted octanol–water partition coefficient (Wildman–Crippen LogP) is 49.5. The number of fused-ring (bicyclic) bond motifs is 10. The molecule has 0 amide bonds. The molecule has 0 aliphatic rings. The first-order valence-electron chi connectivity index (χ1n) is 63.9. The molecule has 27 rings (SSSR count). The molecule has 0 saturated carbocycles. The van der Waals surface area contributed by atoms with Crippen molar-refractivity contribution < 1.29 is 0 Å². The van der Waals surface area contributed by atoms with Crippen LogP contribution in [0.4, 0.5) is 0 Å². The average Bonchev–Trinajstić information content (AvgIpc) is 0.614. The molecule has 150 heavy (non-hydrogen) atoms. The van der Waals surface area contributed by atoms with Crippen molar-refractivity contribution in [2.75, 3.05) is 0 Å². The Hall–Kier alpha value is -10.1. The molecule has 0 spiro atoms. The van der Waals surface area contributed by atoms with E-state index in [1.807, 2.05) is 0 Å². The van der Waals surface area contributed by atoms with E-state index >= 15 is 0 Å². The summed E-state index contributed by atoms with van der Waals surface area (Å²) in [4.78, 5) is 0. The van der Waals surface area contributed by atoms with Gasteiger partial charge in [-0.05, 0) is 403 Å². The second kappa shape index (κ2) is 42.3. The molecule has 770 valence electrons. The van der Waals surface area contributed by atoms with Crippen LogP contribution < -0.4 is 0 Å². The highest BCUT2D eigenvalue weighted by molar-refractivity contribution is 6.71. The van der Waals surface area contributed by atoms with Crippen LogP contribution in [0.1, 0.15) is 460 Å². The fourth-order valence-electron chi connectivity index (χ4n) is 33.4. The first kappa shape index (κ1) is 98.0. The van der Waals surface area contributed by atoms with Crippen LogP contribution in [0, 0.1) is 0 Å². The van der Waals surface area contributed by atoms with Gasteiger partial charge in [0.1, 0.15) is 0 Å². The van der Waals surface area contributed by atoms with E-state index in [0.29, 0.717) is 0 Å². The molecule has 0 N–H and O–H groups in total. The van der Waals surface area contributed by atoms with Gasteiger partial charge in [-0.3, -0.25) is 0 Å². The van der Waals surface area contributed by atoms with Gasteiger partial charge in [0.05, 0.1) is 0 Å². The van der Waals surface area contributed by atoms with Crippen molar-refractivity contribution in [3.63, 3.8) is 0 Å². The Morgan fingerprint density at radius 2 is 0.233 bits per heavy atom. The SMILES string of the molecule is CCCCCCCCCCCCc1cc2c3cc(CCCCCCCCCCCC)cc4c5ccc6c7cc(CCCCCCCCCCCC)c8c9cccc%10c%11cc(CCCCCCCCCCCC)cc%12c%13cc(CCCCCCCCCCCC)cc%14c%15ccc%16c%17cc(CCCCCCCCCCCC)c%18c%19cccc%20c(c1)c2c1c(c34)c2c5c6c3c4c7c8c5c(c%109)c(c%12%11)c(c%13%14)c6c%15c%16c(c7c%17c%18c(c1c%20%19)c2c37)c4c65. The normalized spacial score (nSPS) is 13.4. The Balaban J connectivity index is 0.763. The highest BCUT2D eigenvalue weighted by Crippen LogP contribution is 2.70. The van der Waals surface area contributed by atoms with Crippen LogP contribution in [0.2, 0.25) is 0 Å². The maximum atomic E-state index is 2.94. The van der Waals surface area contributed by atoms with E-state index in [1.165, 1.54) is 482 Å². The quantitative estimate of drug-likeness (QED) is 0.0202. The fraction of sp³-hybridized carbons (Fsp3) is 0.480. The summed E-state index contributed by atoms with van der Waals surface area (Å²) in [6, 6.07) is 55.5. The molecule has 0 saturated heterocycles. The standard InChI is InChI=1S/C150H170/c1-7-13-19-25-31-37-43-49-55-61-69-93-83-107-99-75-67-77-105-117-97(73-65-59-53-47-41-35-29-23-17-11-5)91-115-104-82-80-102-110-86-96(72-64-58-52-46-40-34-28-22-16-10-4)90-114-112-88-94(70-62-56-50-44-38-32-26-20-14-8-2)84-108-100-76-68-78-106-118-98(74-66-60-54-48-42-36-30-24-18-12-6)92-116-103-81-79-101-109-85-95(71-63-57-51-45-39-33-27-21-15-9-3)89-113-111(87-93)121(107)135-133(119(99)105)145-131(117)129(115)143-142-128(104)126(102)140-138(124(110)114)136(122(108)112)134(120(100)106)146-132(118)130(116)144(148(142)150(140)146)141-127(103)125(101)139(137(135)123(109)113)149(145)147(141)143/h67-68,75-92H,7-66,69-74H2,1-6H3. The first-order valence-corrected chi connectivity index (χ1v) is 63.9. The zero-order chi connectivity index (χ0) is 100. The van der Waals surface area contributed by atoms with Gasteiger partial charge < -0.3 is 0 Å². The summed E-state index contributed by atoms with van der Waals surface area (Å²) in [5.74, 6) is 0. The largest absolute Gasteiger partial charge is 0.0654 e. The zero-order valence-corrected chi connectivity index (χ0v) is 93.2. The molecular weight excluding hydrogens is 1800 g/mol. The molecule has 27 aromatic carbocycles. The van der Waals surface area contributed by atoms with Crippen molar-refractivity contribution in [2.24, 2.45) is 0 Å². The number of benzene rings is 27. The van der Waals surface area contributed by atoms with Gasteiger partial charge >= 0.3 is 0 Å². The average molecular weight is 1970 g/mol. The Kier molecular flexibility index (Phi) is 27.6. The lowest BCUT2D eigenvalue weighted by Gasteiger charge is -2.35. The third-order valence-electron chi connectivity index (χ3n) is 40.4. The minimum absolute atomic E-state index is 1.08. The van der Waals surface area contributed by atoms with Gasteiger partial charge in [-0.2, -0.15) is 0 Å². The van der Waals surface area contributed by atoms with Crippen LogP contribution in [-0.4, -0.2) is 0 Å². The summed E-state index contributed by atoms with van der Waals surface area (Å²) in [5.41, 5.74) is 9.40. The minimum atomic E-state index is 1.08. The number of hydrogen-bond acceptors (Lipinski definition) is 0. The van der Waals surface area contributed by atoms with Crippen molar-refractivity contribution in [1.82, 2.24) is 0 Å². The highest BCUT2D eigenvalue weighted by atomic mass is 14.4. The fourth-order valence-corrected chi connectivity index (χ4v) is 33.4. The number of hydrogen-bond donors (Lipinski definition) is 0. The van der Waals surface area contributed by atoms with Crippen molar-refractivity contribution >= 4 is 280 Å². The van der Waals surface area contributed by atoms with Gasteiger partial charge in [0, 0.05) is 0 Å². The van der Waals surface area contributed by atoms with Crippen molar-refractivity contribution in [1.29, 1.82) is 0 Å². The van der Waals surface area contributed by atoms with Crippen molar-refractivity contribution in [3.8, 4) is 0 Å². The molecule has 0 unspecified atom stereocenters. The summed E-state index contributed by atoms with van der Waals surface area (Å²) in [6.45, 7) is 14.2. The van der Waals surface area contributed by atoms with Gasteiger partial charge in [-0.1, -0.05) is 497 Å². The van der Waals surface area contributed by atoms with E-state index in [1.54, 1.807) is 217 Å². The van der Waals surface area contributed by atoms with Crippen LogP contribution >= 0.6 is 0 Å². The van der Waals surface area contributed by atoms with Crippen molar-refractivity contribution in [2.45, 2.75) is 465 Å². The van der Waals surface area contributed by atoms with Gasteiger partial charge in [0.25, 0.3) is 0 Å². The first-order chi connectivity index (χ1) is 74.5. The molecule has 0 heterocycles. The Labute approximate surface area is 893 Å². The number of aryl methyl sites for hydroxylation is 6. The van der Waals surface area contributed by atoms with E-state index in [9.17, 15) is 0 Å². The highest BCUT2D eigenvalue weighted by Gasteiger charge is 2.42. The smallest absolute Gasteiger partial charge is 0.000000601 e. The predicted molar refractivity (Wildman–Crippen MR) is 674 cm³/mol.